The SMILES string of the molecule is CCC(C)NC(=O)Nc1ccc(C(=O)O)c(C)c1. The van der Waals surface area contributed by atoms with Gasteiger partial charge in [0.15, 0.2) is 0 Å². The van der Waals surface area contributed by atoms with Crippen molar-refractivity contribution in [2.75, 3.05) is 5.32 Å². The van der Waals surface area contributed by atoms with Crippen LogP contribution < -0.4 is 10.6 Å². The fourth-order valence-electron chi connectivity index (χ4n) is 1.47. The van der Waals surface area contributed by atoms with Crippen molar-refractivity contribution in [2.45, 2.75) is 33.2 Å². The van der Waals surface area contributed by atoms with Crippen molar-refractivity contribution in [1.29, 1.82) is 0 Å². The van der Waals surface area contributed by atoms with Crippen molar-refractivity contribution < 1.29 is 14.7 Å². The molecule has 18 heavy (non-hydrogen) atoms. The van der Waals surface area contributed by atoms with Crippen molar-refractivity contribution in [1.82, 2.24) is 5.32 Å². The highest BCUT2D eigenvalue weighted by Crippen LogP contribution is 2.15. The van der Waals surface area contributed by atoms with E-state index in [2.05, 4.69) is 10.6 Å². The van der Waals surface area contributed by atoms with Gasteiger partial charge in [0.1, 0.15) is 0 Å². The lowest BCUT2D eigenvalue weighted by Gasteiger charge is -2.13. The summed E-state index contributed by atoms with van der Waals surface area (Å²) in [5.41, 5.74) is 1.44. The molecule has 5 nitrogen and oxygen atoms in total. The summed E-state index contributed by atoms with van der Waals surface area (Å²) in [6, 6.07) is 4.51. The number of aromatic carboxylic acids is 1. The van der Waals surface area contributed by atoms with Gasteiger partial charge in [-0.1, -0.05) is 6.92 Å². The predicted molar refractivity (Wildman–Crippen MR) is 70.0 cm³/mol. The summed E-state index contributed by atoms with van der Waals surface area (Å²) in [5.74, 6) is -0.969. The van der Waals surface area contributed by atoms with E-state index in [-0.39, 0.29) is 17.6 Å². The van der Waals surface area contributed by atoms with Gasteiger partial charge in [0.2, 0.25) is 0 Å². The highest BCUT2D eigenvalue weighted by molar-refractivity contribution is 5.92. The van der Waals surface area contributed by atoms with Gasteiger partial charge in [-0.3, -0.25) is 0 Å². The van der Waals surface area contributed by atoms with Gasteiger partial charge in [0.05, 0.1) is 5.56 Å². The number of carboxylic acid groups (broad SMARTS) is 1. The van der Waals surface area contributed by atoms with Gasteiger partial charge in [0, 0.05) is 11.7 Å². The zero-order valence-electron chi connectivity index (χ0n) is 10.8. The van der Waals surface area contributed by atoms with Gasteiger partial charge in [0.25, 0.3) is 0 Å². The monoisotopic (exact) mass is 250 g/mol. The molecule has 0 aliphatic heterocycles. The zero-order valence-corrected chi connectivity index (χ0v) is 10.8. The molecular weight excluding hydrogens is 232 g/mol. The van der Waals surface area contributed by atoms with Gasteiger partial charge >= 0.3 is 12.0 Å². The molecule has 5 heteroatoms. The average molecular weight is 250 g/mol. The molecule has 1 aromatic rings. The average Bonchev–Trinajstić information content (AvgIpc) is 2.28. The first kappa shape index (κ1) is 14.0. The molecule has 0 bridgehead atoms. The van der Waals surface area contributed by atoms with E-state index in [4.69, 9.17) is 5.11 Å². The lowest BCUT2D eigenvalue weighted by molar-refractivity contribution is 0.0696. The number of benzene rings is 1. The third kappa shape index (κ3) is 3.76. The number of hydrogen-bond donors (Lipinski definition) is 3. The van der Waals surface area contributed by atoms with E-state index in [0.717, 1.165) is 6.42 Å². The molecule has 3 N–H and O–H groups in total. The minimum Gasteiger partial charge on any atom is -0.478 e. The summed E-state index contributed by atoms with van der Waals surface area (Å²) in [7, 11) is 0. The molecule has 0 saturated carbocycles. The van der Waals surface area contributed by atoms with Crippen LogP contribution in [0.4, 0.5) is 10.5 Å². The second-order valence-corrected chi connectivity index (χ2v) is 4.24. The van der Waals surface area contributed by atoms with E-state index in [9.17, 15) is 9.59 Å². The van der Waals surface area contributed by atoms with Crippen LogP contribution in [-0.2, 0) is 0 Å². The number of anilines is 1. The molecule has 0 spiro atoms. The second kappa shape index (κ2) is 6.05. The molecule has 0 fully saturated rings. The lowest BCUT2D eigenvalue weighted by Crippen LogP contribution is -2.35. The van der Waals surface area contributed by atoms with Gasteiger partial charge in [-0.25, -0.2) is 9.59 Å². The first-order valence-corrected chi connectivity index (χ1v) is 5.85. The third-order valence-electron chi connectivity index (χ3n) is 2.70. The Kier molecular flexibility index (Phi) is 4.71. The molecule has 1 rings (SSSR count). The van der Waals surface area contributed by atoms with Crippen LogP contribution in [0, 0.1) is 6.92 Å². The fraction of sp³-hybridized carbons (Fsp3) is 0.385. The third-order valence-corrected chi connectivity index (χ3v) is 2.70. The number of rotatable bonds is 4. The molecule has 98 valence electrons. The van der Waals surface area contributed by atoms with E-state index >= 15 is 0 Å². The Balaban J connectivity index is 2.72. The van der Waals surface area contributed by atoms with E-state index in [1.54, 1.807) is 19.1 Å². The van der Waals surface area contributed by atoms with Crippen molar-refractivity contribution >= 4 is 17.7 Å². The Labute approximate surface area is 106 Å². The van der Waals surface area contributed by atoms with Gasteiger partial charge in [-0.05, 0) is 44.0 Å². The number of urea groups is 1. The van der Waals surface area contributed by atoms with Crippen LogP contribution in [0.15, 0.2) is 18.2 Å². The van der Waals surface area contributed by atoms with Crippen molar-refractivity contribution in [3.8, 4) is 0 Å². The predicted octanol–water partition coefficient (Wildman–Crippen LogP) is 2.61. The molecule has 0 aliphatic carbocycles. The van der Waals surface area contributed by atoms with Crippen LogP contribution in [-0.4, -0.2) is 23.1 Å². The highest BCUT2D eigenvalue weighted by atomic mass is 16.4. The summed E-state index contributed by atoms with van der Waals surface area (Å²) in [4.78, 5) is 22.4. The maximum Gasteiger partial charge on any atom is 0.335 e. The lowest BCUT2D eigenvalue weighted by atomic mass is 10.1. The summed E-state index contributed by atoms with van der Waals surface area (Å²) in [5, 5.41) is 14.3. The van der Waals surface area contributed by atoms with Crippen LogP contribution in [0.5, 0.6) is 0 Å². The molecule has 1 aromatic carbocycles. The van der Waals surface area contributed by atoms with E-state index in [1.807, 2.05) is 13.8 Å². The molecule has 0 saturated heterocycles. The van der Waals surface area contributed by atoms with Crippen LogP contribution in [0.25, 0.3) is 0 Å². The minimum atomic E-state index is -0.969. The zero-order chi connectivity index (χ0) is 13.7. The number of nitrogens with one attached hydrogen (secondary N) is 2. The molecule has 0 radical (unpaired) electrons. The number of amides is 2. The van der Waals surface area contributed by atoms with Crippen LogP contribution >= 0.6 is 0 Å². The second-order valence-electron chi connectivity index (χ2n) is 4.24. The highest BCUT2D eigenvalue weighted by Gasteiger charge is 2.09. The molecular formula is C13H18N2O3. The number of carbonyl (C=O) groups excluding carboxylic acids is 1. The maximum atomic E-state index is 11.6. The normalized spacial score (nSPS) is 11.7. The Hall–Kier alpha value is -2.04. The minimum absolute atomic E-state index is 0.101. The maximum absolute atomic E-state index is 11.6. The van der Waals surface area contributed by atoms with Gasteiger partial charge in [-0.2, -0.15) is 0 Å². The Bertz CT molecular complexity index is 458. The molecule has 1 atom stereocenters. The van der Waals surface area contributed by atoms with Crippen molar-refractivity contribution in [2.24, 2.45) is 0 Å². The van der Waals surface area contributed by atoms with Crippen LogP contribution in [0.2, 0.25) is 0 Å². The number of hydrogen-bond acceptors (Lipinski definition) is 2. The molecule has 0 heterocycles. The van der Waals surface area contributed by atoms with E-state index < -0.39 is 5.97 Å². The standard InChI is InChI=1S/C13H18N2O3/c1-4-9(3)14-13(18)15-10-5-6-11(12(16)17)8(2)7-10/h5-7,9H,4H2,1-3H3,(H,16,17)(H2,14,15,18). The van der Waals surface area contributed by atoms with Crippen LogP contribution in [0.3, 0.4) is 0 Å². The first-order valence-electron chi connectivity index (χ1n) is 5.85. The summed E-state index contributed by atoms with van der Waals surface area (Å²) in [6.07, 6.45) is 0.852. The Morgan fingerprint density at radius 1 is 1.39 bits per heavy atom. The first-order chi connectivity index (χ1) is 8.43. The smallest absolute Gasteiger partial charge is 0.335 e. The van der Waals surface area contributed by atoms with E-state index in [0.29, 0.717) is 11.3 Å². The van der Waals surface area contributed by atoms with Gasteiger partial charge in [-0.15, -0.1) is 0 Å². The summed E-state index contributed by atoms with van der Waals surface area (Å²) < 4.78 is 0. The molecule has 1 unspecified atom stereocenters. The Morgan fingerprint density at radius 2 is 2.06 bits per heavy atom. The molecule has 0 aliphatic rings. The van der Waals surface area contributed by atoms with Crippen molar-refractivity contribution in [3.05, 3.63) is 29.3 Å². The number of aryl methyl sites for hydroxylation is 1. The molecule has 2 amide bonds. The van der Waals surface area contributed by atoms with E-state index in [1.165, 1.54) is 6.07 Å². The quantitative estimate of drug-likeness (QED) is 0.768. The van der Waals surface area contributed by atoms with Crippen molar-refractivity contribution in [3.63, 3.8) is 0 Å². The topological polar surface area (TPSA) is 78.4 Å². The van der Waals surface area contributed by atoms with Crippen LogP contribution in [0.1, 0.15) is 36.2 Å². The largest absolute Gasteiger partial charge is 0.478 e. The summed E-state index contributed by atoms with van der Waals surface area (Å²) in [6.45, 7) is 5.59. The fourth-order valence-corrected chi connectivity index (χ4v) is 1.47. The Morgan fingerprint density at radius 3 is 2.56 bits per heavy atom. The van der Waals surface area contributed by atoms with Gasteiger partial charge < -0.3 is 15.7 Å². The summed E-state index contributed by atoms with van der Waals surface area (Å²) >= 11 is 0. The number of carbonyl (C=O) groups is 2. The molecule has 0 aromatic heterocycles. The number of carboxylic acids is 1.